The Morgan fingerprint density at radius 2 is 2.46 bits per heavy atom. The van der Waals surface area contributed by atoms with E-state index in [2.05, 4.69) is 4.98 Å². The van der Waals surface area contributed by atoms with E-state index in [0.717, 1.165) is 12.8 Å². The van der Waals surface area contributed by atoms with Gasteiger partial charge in [0.25, 0.3) is 0 Å². The quantitative estimate of drug-likeness (QED) is 0.557. The van der Waals surface area contributed by atoms with Crippen LogP contribution in [-0.2, 0) is 6.54 Å². The second-order valence-corrected chi connectivity index (χ2v) is 3.01. The first-order valence-corrected chi connectivity index (χ1v) is 4.40. The van der Waals surface area contributed by atoms with Crippen molar-refractivity contribution in [3.8, 4) is 0 Å². The van der Waals surface area contributed by atoms with E-state index in [9.17, 15) is 10.1 Å². The highest BCUT2D eigenvalue weighted by molar-refractivity contribution is 6.28. The van der Waals surface area contributed by atoms with Crippen LogP contribution in [0, 0.1) is 10.1 Å². The molecule has 6 heteroatoms. The van der Waals surface area contributed by atoms with Crippen LogP contribution in [-0.4, -0.2) is 14.5 Å². The summed E-state index contributed by atoms with van der Waals surface area (Å²) in [5, 5.41) is 10.5. The van der Waals surface area contributed by atoms with E-state index in [1.165, 1.54) is 6.20 Å². The number of halogens is 1. The van der Waals surface area contributed by atoms with E-state index >= 15 is 0 Å². The number of imidazole rings is 1. The molecule has 0 aliphatic rings. The van der Waals surface area contributed by atoms with Gasteiger partial charge in [0, 0.05) is 6.54 Å². The zero-order chi connectivity index (χ0) is 9.84. The van der Waals surface area contributed by atoms with Crippen molar-refractivity contribution in [1.82, 2.24) is 9.55 Å². The van der Waals surface area contributed by atoms with E-state index < -0.39 is 4.92 Å². The molecule has 13 heavy (non-hydrogen) atoms. The fraction of sp³-hybridized carbons (Fsp3) is 0.571. The van der Waals surface area contributed by atoms with Crippen LogP contribution in [0.5, 0.6) is 0 Å². The van der Waals surface area contributed by atoms with Crippen LogP contribution < -0.4 is 0 Å². The second kappa shape index (κ2) is 4.23. The van der Waals surface area contributed by atoms with Crippen molar-refractivity contribution in [3.63, 3.8) is 0 Å². The minimum absolute atomic E-state index is 0.181. The molecule has 0 aliphatic carbocycles. The summed E-state index contributed by atoms with van der Waals surface area (Å²) in [6.45, 7) is 2.72. The molecule has 1 aromatic rings. The molecular formula is C7H10ClN3O2. The maximum atomic E-state index is 10.3. The molecule has 72 valence electrons. The van der Waals surface area contributed by atoms with Gasteiger partial charge >= 0.3 is 11.1 Å². The van der Waals surface area contributed by atoms with Crippen molar-refractivity contribution in [1.29, 1.82) is 0 Å². The molecule has 0 aromatic carbocycles. The Labute approximate surface area is 80.5 Å². The molecule has 0 bridgehead atoms. The first-order valence-electron chi connectivity index (χ1n) is 4.02. The average molecular weight is 204 g/mol. The summed E-state index contributed by atoms with van der Waals surface area (Å²) in [5.74, 6) is -0.193. The summed E-state index contributed by atoms with van der Waals surface area (Å²) in [5.41, 5.74) is 0. The fourth-order valence-corrected chi connectivity index (χ4v) is 1.17. The Bertz CT molecular complexity index is 311. The summed E-state index contributed by atoms with van der Waals surface area (Å²) >= 11 is 5.67. The third kappa shape index (κ3) is 2.42. The topological polar surface area (TPSA) is 61.0 Å². The Balaban J connectivity index is 2.77. The third-order valence-electron chi connectivity index (χ3n) is 1.65. The van der Waals surface area contributed by atoms with Gasteiger partial charge in [-0.25, -0.2) is 0 Å². The van der Waals surface area contributed by atoms with Gasteiger partial charge in [0.05, 0.1) is 0 Å². The lowest BCUT2D eigenvalue weighted by atomic mass is 10.3. The van der Waals surface area contributed by atoms with Crippen molar-refractivity contribution in [2.75, 3.05) is 0 Å². The van der Waals surface area contributed by atoms with E-state index in [0.29, 0.717) is 6.54 Å². The molecule has 0 N–H and O–H groups in total. The normalized spacial score (nSPS) is 10.3. The van der Waals surface area contributed by atoms with Gasteiger partial charge in [-0.1, -0.05) is 13.3 Å². The monoisotopic (exact) mass is 203 g/mol. The van der Waals surface area contributed by atoms with Gasteiger partial charge in [0.2, 0.25) is 0 Å². The summed E-state index contributed by atoms with van der Waals surface area (Å²) in [6.07, 6.45) is 3.31. The minimum atomic E-state index is -0.547. The van der Waals surface area contributed by atoms with Crippen LogP contribution in [0.1, 0.15) is 19.8 Å². The maximum absolute atomic E-state index is 10.3. The molecule has 1 aromatic heterocycles. The molecule has 0 spiro atoms. The molecule has 1 rings (SSSR count). The lowest BCUT2D eigenvalue weighted by molar-refractivity contribution is -0.389. The van der Waals surface area contributed by atoms with Crippen LogP contribution >= 0.6 is 11.6 Å². The standard InChI is InChI=1S/C7H10ClN3O2/c1-2-3-4-10-5-6(11(12)13)9-7(10)8/h5H,2-4H2,1H3. The molecule has 0 aliphatic heterocycles. The fourth-order valence-electron chi connectivity index (χ4n) is 0.953. The second-order valence-electron chi connectivity index (χ2n) is 2.67. The highest BCUT2D eigenvalue weighted by Gasteiger charge is 2.15. The van der Waals surface area contributed by atoms with Crippen LogP contribution in [0.3, 0.4) is 0 Å². The number of rotatable bonds is 4. The molecule has 0 amide bonds. The predicted molar refractivity (Wildman–Crippen MR) is 48.8 cm³/mol. The van der Waals surface area contributed by atoms with Crippen LogP contribution in [0.15, 0.2) is 6.20 Å². The molecule has 0 saturated carbocycles. The van der Waals surface area contributed by atoms with Crippen molar-refractivity contribution in [3.05, 3.63) is 21.6 Å². The summed E-state index contributed by atoms with van der Waals surface area (Å²) in [7, 11) is 0. The van der Waals surface area contributed by atoms with Gasteiger partial charge < -0.3 is 10.1 Å². The number of nitrogens with zero attached hydrogens (tertiary/aromatic N) is 3. The number of unbranched alkanes of at least 4 members (excludes halogenated alkanes) is 1. The van der Waals surface area contributed by atoms with Gasteiger partial charge in [0.1, 0.15) is 6.20 Å². The first-order chi connectivity index (χ1) is 6.15. The molecule has 0 saturated heterocycles. The van der Waals surface area contributed by atoms with Crippen molar-refractivity contribution in [2.24, 2.45) is 0 Å². The van der Waals surface area contributed by atoms with Gasteiger partial charge in [-0.15, -0.1) is 0 Å². The Hall–Kier alpha value is -1.10. The number of aryl methyl sites for hydroxylation is 1. The molecule has 0 fully saturated rings. The summed E-state index contributed by atoms with van der Waals surface area (Å²) < 4.78 is 1.59. The SMILES string of the molecule is CCCCn1cc([N+](=O)[O-])nc1Cl. The number of hydrogen-bond donors (Lipinski definition) is 0. The number of hydrogen-bond acceptors (Lipinski definition) is 3. The molecular weight excluding hydrogens is 194 g/mol. The van der Waals surface area contributed by atoms with E-state index in [1.807, 2.05) is 6.92 Å². The average Bonchev–Trinajstić information content (AvgIpc) is 2.44. The molecule has 0 atom stereocenters. The first kappa shape index (κ1) is 9.98. The lowest BCUT2D eigenvalue weighted by Crippen LogP contribution is -1.95. The van der Waals surface area contributed by atoms with E-state index in [1.54, 1.807) is 4.57 Å². The van der Waals surface area contributed by atoms with Crippen LogP contribution in [0.25, 0.3) is 0 Å². The minimum Gasteiger partial charge on any atom is -0.358 e. The largest absolute Gasteiger partial charge is 0.383 e. The van der Waals surface area contributed by atoms with Crippen molar-refractivity contribution >= 4 is 17.4 Å². The highest BCUT2D eigenvalue weighted by atomic mass is 35.5. The number of aromatic nitrogens is 2. The molecule has 5 nitrogen and oxygen atoms in total. The summed E-state index contributed by atoms with van der Waals surface area (Å²) in [6, 6.07) is 0. The lowest BCUT2D eigenvalue weighted by Gasteiger charge is -1.96. The molecule has 0 radical (unpaired) electrons. The van der Waals surface area contributed by atoms with Crippen LogP contribution in [0.2, 0.25) is 5.28 Å². The Kier molecular flexibility index (Phi) is 3.25. The number of nitro groups is 1. The van der Waals surface area contributed by atoms with Gasteiger partial charge in [0.15, 0.2) is 0 Å². The zero-order valence-corrected chi connectivity index (χ0v) is 7.99. The van der Waals surface area contributed by atoms with Gasteiger partial charge in [-0.2, -0.15) is 0 Å². The Morgan fingerprint density at radius 1 is 1.77 bits per heavy atom. The third-order valence-corrected chi connectivity index (χ3v) is 1.96. The van der Waals surface area contributed by atoms with Crippen molar-refractivity contribution in [2.45, 2.75) is 26.3 Å². The maximum Gasteiger partial charge on any atom is 0.383 e. The summed E-state index contributed by atoms with van der Waals surface area (Å²) in [4.78, 5) is 13.4. The highest BCUT2D eigenvalue weighted by Crippen LogP contribution is 2.15. The molecule has 1 heterocycles. The smallest absolute Gasteiger partial charge is 0.358 e. The predicted octanol–water partition coefficient (Wildman–Crippen LogP) is 2.24. The van der Waals surface area contributed by atoms with Gasteiger partial charge in [-0.05, 0) is 27.9 Å². The van der Waals surface area contributed by atoms with E-state index in [-0.39, 0.29) is 11.1 Å². The van der Waals surface area contributed by atoms with E-state index in [4.69, 9.17) is 11.6 Å². The molecule has 0 unspecified atom stereocenters. The Morgan fingerprint density at radius 3 is 2.92 bits per heavy atom. The van der Waals surface area contributed by atoms with Crippen molar-refractivity contribution < 1.29 is 4.92 Å². The van der Waals surface area contributed by atoms with Crippen LogP contribution in [0.4, 0.5) is 5.82 Å². The van der Waals surface area contributed by atoms with Gasteiger partial charge in [-0.3, -0.25) is 4.57 Å². The zero-order valence-electron chi connectivity index (χ0n) is 7.23.